The highest BCUT2D eigenvalue weighted by molar-refractivity contribution is 9.10. The van der Waals surface area contributed by atoms with Crippen LogP contribution in [-0.2, 0) is 10.0 Å². The minimum absolute atomic E-state index is 0.0392. The number of carbonyl (C=O) groups is 1. The van der Waals surface area contributed by atoms with Gasteiger partial charge in [-0.2, -0.15) is 0 Å². The third kappa shape index (κ3) is 5.20. The molecule has 2 N–H and O–H groups in total. The maximum Gasteiger partial charge on any atom is 0.257 e. The number of halogens is 2. The van der Waals surface area contributed by atoms with Crippen molar-refractivity contribution in [3.63, 3.8) is 0 Å². The van der Waals surface area contributed by atoms with Crippen LogP contribution in [0, 0.1) is 6.92 Å². The molecule has 1 amide bonds. The van der Waals surface area contributed by atoms with E-state index in [1.165, 1.54) is 0 Å². The highest BCUT2D eigenvalue weighted by atomic mass is 79.9. The average Bonchev–Trinajstić information content (AvgIpc) is 2.50. The largest absolute Gasteiger partial charge is 0.322 e. The minimum Gasteiger partial charge on any atom is -0.322 e. The van der Waals surface area contributed by atoms with E-state index >= 15 is 0 Å². The van der Waals surface area contributed by atoms with Gasteiger partial charge in [-0.05, 0) is 49.2 Å². The second kappa shape index (κ2) is 8.21. The van der Waals surface area contributed by atoms with Gasteiger partial charge in [0.2, 0.25) is 10.0 Å². The van der Waals surface area contributed by atoms with Gasteiger partial charge in [0.05, 0.1) is 22.0 Å². The molecule has 2 rings (SSSR count). The molecular formula is C17H18BrClN2O3S. The van der Waals surface area contributed by atoms with Crippen molar-refractivity contribution in [1.82, 2.24) is 0 Å². The minimum atomic E-state index is -3.41. The molecule has 134 valence electrons. The summed E-state index contributed by atoms with van der Waals surface area (Å²) in [7, 11) is -3.41. The second-order valence-electron chi connectivity index (χ2n) is 5.48. The van der Waals surface area contributed by atoms with E-state index in [1.807, 2.05) is 0 Å². The Morgan fingerprint density at radius 3 is 2.52 bits per heavy atom. The van der Waals surface area contributed by atoms with Gasteiger partial charge in [0.15, 0.2) is 0 Å². The van der Waals surface area contributed by atoms with Crippen LogP contribution < -0.4 is 10.0 Å². The third-order valence-electron chi connectivity index (χ3n) is 3.50. The molecule has 5 nitrogen and oxygen atoms in total. The van der Waals surface area contributed by atoms with Crippen molar-refractivity contribution in [3.8, 4) is 0 Å². The lowest BCUT2D eigenvalue weighted by Crippen LogP contribution is -2.18. The first-order valence-electron chi connectivity index (χ1n) is 7.60. The highest BCUT2D eigenvalue weighted by Gasteiger charge is 2.15. The first-order valence-corrected chi connectivity index (χ1v) is 10.4. The number of sulfonamides is 1. The smallest absolute Gasteiger partial charge is 0.257 e. The van der Waals surface area contributed by atoms with E-state index in [1.54, 1.807) is 50.2 Å². The van der Waals surface area contributed by atoms with Crippen LogP contribution in [0.3, 0.4) is 0 Å². The first kappa shape index (κ1) is 19.8. The van der Waals surface area contributed by atoms with Gasteiger partial charge in [0, 0.05) is 10.2 Å². The van der Waals surface area contributed by atoms with Crippen molar-refractivity contribution in [3.05, 3.63) is 57.0 Å². The normalized spacial score (nSPS) is 11.2. The predicted octanol–water partition coefficient (Wildman–Crippen LogP) is 4.81. The van der Waals surface area contributed by atoms with Crippen LogP contribution in [0.2, 0.25) is 5.02 Å². The van der Waals surface area contributed by atoms with E-state index in [9.17, 15) is 13.2 Å². The lowest BCUT2D eigenvalue weighted by atomic mass is 10.1. The van der Waals surface area contributed by atoms with Gasteiger partial charge in [-0.3, -0.25) is 9.52 Å². The molecule has 0 heterocycles. The van der Waals surface area contributed by atoms with E-state index < -0.39 is 10.0 Å². The van der Waals surface area contributed by atoms with Crippen LogP contribution in [0.5, 0.6) is 0 Å². The molecule has 2 aromatic rings. The number of hydrogen-bond donors (Lipinski definition) is 2. The second-order valence-corrected chi connectivity index (χ2v) is 8.64. The number of nitrogens with one attached hydrogen (secondary N) is 2. The molecule has 0 fully saturated rings. The van der Waals surface area contributed by atoms with Gasteiger partial charge >= 0.3 is 0 Å². The van der Waals surface area contributed by atoms with Crippen LogP contribution in [0.1, 0.15) is 29.3 Å². The number of benzene rings is 2. The lowest BCUT2D eigenvalue weighted by molar-refractivity contribution is 0.102. The average molecular weight is 446 g/mol. The molecule has 2 aromatic carbocycles. The Balaban J connectivity index is 2.26. The summed E-state index contributed by atoms with van der Waals surface area (Å²) in [5.41, 5.74) is 1.92. The Bertz CT molecular complexity index is 901. The van der Waals surface area contributed by atoms with Gasteiger partial charge in [-0.25, -0.2) is 8.42 Å². The van der Waals surface area contributed by atoms with Gasteiger partial charge in [-0.15, -0.1) is 0 Å². The lowest BCUT2D eigenvalue weighted by Gasteiger charge is -2.14. The van der Waals surface area contributed by atoms with E-state index in [4.69, 9.17) is 11.6 Å². The fraction of sp³-hybridized carbons (Fsp3) is 0.235. The van der Waals surface area contributed by atoms with Crippen molar-refractivity contribution in [2.75, 3.05) is 15.8 Å². The fourth-order valence-corrected chi connectivity index (χ4v) is 4.19. The maximum atomic E-state index is 12.4. The molecule has 0 saturated heterocycles. The number of hydrogen-bond acceptors (Lipinski definition) is 3. The van der Waals surface area contributed by atoms with Crippen molar-refractivity contribution in [1.29, 1.82) is 0 Å². The number of carbonyl (C=O) groups excluding carboxylic acids is 1. The summed E-state index contributed by atoms with van der Waals surface area (Å²) in [5.74, 6) is -0.327. The van der Waals surface area contributed by atoms with Crippen LogP contribution in [-0.4, -0.2) is 20.1 Å². The summed E-state index contributed by atoms with van der Waals surface area (Å²) in [6.45, 7) is 3.54. The topological polar surface area (TPSA) is 75.3 Å². The summed E-state index contributed by atoms with van der Waals surface area (Å²) >= 11 is 9.39. The Labute approximate surface area is 161 Å². The van der Waals surface area contributed by atoms with Crippen molar-refractivity contribution in [2.45, 2.75) is 20.3 Å². The molecule has 0 aromatic heterocycles. The molecule has 8 heteroatoms. The molecule has 0 atom stereocenters. The zero-order valence-electron chi connectivity index (χ0n) is 13.8. The molecule has 0 unspecified atom stereocenters. The standard InChI is InChI=1S/C17H18BrClN2O3S/c1-3-9-25(23,24)21-16-6-4-5-15(11(16)2)20-17(22)13-8-7-12(18)10-14(13)19/h4-8,10,21H,3,9H2,1-2H3,(H,20,22). The van der Waals surface area contributed by atoms with E-state index in [2.05, 4.69) is 26.0 Å². The quantitative estimate of drug-likeness (QED) is 0.669. The third-order valence-corrected chi connectivity index (χ3v) is 5.78. The monoisotopic (exact) mass is 444 g/mol. The van der Waals surface area contributed by atoms with Crippen LogP contribution in [0.25, 0.3) is 0 Å². The van der Waals surface area contributed by atoms with Crippen LogP contribution >= 0.6 is 27.5 Å². The number of anilines is 2. The molecule has 0 bridgehead atoms. The molecule has 0 radical (unpaired) electrons. The van der Waals surface area contributed by atoms with Gasteiger partial charge < -0.3 is 5.32 Å². The Hall–Kier alpha value is -1.57. The van der Waals surface area contributed by atoms with Gasteiger partial charge in [0.25, 0.3) is 5.91 Å². The molecule has 0 aliphatic carbocycles. The van der Waals surface area contributed by atoms with Crippen molar-refractivity contribution < 1.29 is 13.2 Å². The highest BCUT2D eigenvalue weighted by Crippen LogP contribution is 2.27. The van der Waals surface area contributed by atoms with Gasteiger partial charge in [0.1, 0.15) is 0 Å². The molecule has 0 aliphatic rings. The zero-order valence-corrected chi connectivity index (χ0v) is 16.9. The van der Waals surface area contributed by atoms with Crippen LogP contribution in [0.4, 0.5) is 11.4 Å². The summed E-state index contributed by atoms with van der Waals surface area (Å²) in [5, 5.41) is 3.09. The van der Waals surface area contributed by atoms with E-state index in [0.717, 1.165) is 4.47 Å². The summed E-state index contributed by atoms with van der Waals surface area (Å²) in [6, 6.07) is 10.0. The fourth-order valence-electron chi connectivity index (χ4n) is 2.23. The summed E-state index contributed by atoms with van der Waals surface area (Å²) in [4.78, 5) is 12.4. The Morgan fingerprint density at radius 2 is 1.88 bits per heavy atom. The first-order chi connectivity index (χ1) is 11.7. The zero-order chi connectivity index (χ0) is 18.6. The molecule has 0 saturated carbocycles. The van der Waals surface area contributed by atoms with Crippen molar-refractivity contribution in [2.24, 2.45) is 0 Å². The van der Waals surface area contributed by atoms with E-state index in [0.29, 0.717) is 33.9 Å². The van der Waals surface area contributed by atoms with Crippen molar-refractivity contribution >= 4 is 54.8 Å². The van der Waals surface area contributed by atoms with Crippen LogP contribution in [0.15, 0.2) is 40.9 Å². The number of rotatable bonds is 6. The SMILES string of the molecule is CCCS(=O)(=O)Nc1cccc(NC(=O)c2ccc(Br)cc2Cl)c1C. The summed E-state index contributed by atoms with van der Waals surface area (Å²) in [6.07, 6.45) is 0.521. The Kier molecular flexibility index (Phi) is 6.48. The molecular weight excluding hydrogens is 428 g/mol. The predicted molar refractivity (Wildman–Crippen MR) is 106 cm³/mol. The maximum absolute atomic E-state index is 12.4. The number of amides is 1. The molecule has 0 spiro atoms. The molecule has 25 heavy (non-hydrogen) atoms. The molecule has 0 aliphatic heterocycles. The van der Waals surface area contributed by atoms with E-state index in [-0.39, 0.29) is 11.7 Å². The van der Waals surface area contributed by atoms with Gasteiger partial charge in [-0.1, -0.05) is 40.5 Å². The summed E-state index contributed by atoms with van der Waals surface area (Å²) < 4.78 is 27.3. The Morgan fingerprint density at radius 1 is 1.20 bits per heavy atom.